The van der Waals surface area contributed by atoms with Crippen molar-refractivity contribution < 1.29 is 19.6 Å². The molecule has 0 aliphatic heterocycles. The maximum atomic E-state index is 12.5. The van der Waals surface area contributed by atoms with Crippen LogP contribution in [-0.4, -0.2) is 28.1 Å². The van der Waals surface area contributed by atoms with Crippen molar-refractivity contribution in [2.45, 2.75) is 0 Å². The first-order valence-corrected chi connectivity index (χ1v) is 7.79. The summed E-state index contributed by atoms with van der Waals surface area (Å²) < 4.78 is 0. The van der Waals surface area contributed by atoms with Crippen molar-refractivity contribution in [3.05, 3.63) is 87.0 Å². The molecule has 0 aromatic heterocycles. The Kier molecular flexibility index (Phi) is 4.63. The highest BCUT2D eigenvalue weighted by Crippen LogP contribution is 2.31. The van der Waals surface area contributed by atoms with Crippen LogP contribution >= 0.6 is 0 Å². The van der Waals surface area contributed by atoms with Gasteiger partial charge in [-0.2, -0.15) is 0 Å². The van der Waals surface area contributed by atoms with Crippen LogP contribution in [0.25, 0.3) is 5.76 Å². The normalized spacial score (nSPS) is 14.3. The van der Waals surface area contributed by atoms with Crippen molar-refractivity contribution in [3.63, 3.8) is 0 Å². The van der Waals surface area contributed by atoms with E-state index in [9.17, 15) is 24.8 Å². The summed E-state index contributed by atoms with van der Waals surface area (Å²) in [6.45, 7) is -0.694. The average molecular weight is 347 g/mol. The summed E-state index contributed by atoms with van der Waals surface area (Å²) in [5.41, 5.74) is 0.543. The van der Waals surface area contributed by atoms with E-state index in [0.29, 0.717) is 5.56 Å². The molecule has 0 amide bonds. The van der Waals surface area contributed by atoms with E-state index in [0.717, 1.165) is 0 Å². The molecule has 0 spiro atoms. The number of nitro groups is 1. The van der Waals surface area contributed by atoms with E-state index in [2.05, 4.69) is 11.8 Å². The Bertz CT molecular complexity index is 996. The van der Waals surface area contributed by atoms with Gasteiger partial charge in [0.2, 0.25) is 18.1 Å². The highest BCUT2D eigenvalue weighted by Gasteiger charge is 2.38. The third-order valence-corrected chi connectivity index (χ3v) is 3.98. The summed E-state index contributed by atoms with van der Waals surface area (Å²) in [6, 6.07) is 14.8. The first kappa shape index (κ1) is 17.1. The number of aliphatic hydroxyl groups is 1. The van der Waals surface area contributed by atoms with Gasteiger partial charge in [0.05, 0.1) is 5.57 Å². The molecule has 1 aliphatic carbocycles. The number of fused-ring (bicyclic) bond motifs is 1. The molecular formula is C20H13NO5. The molecule has 6 nitrogen and oxygen atoms in total. The van der Waals surface area contributed by atoms with Crippen LogP contribution in [0.1, 0.15) is 21.5 Å². The van der Waals surface area contributed by atoms with Crippen LogP contribution in [0.5, 0.6) is 0 Å². The summed E-state index contributed by atoms with van der Waals surface area (Å²) >= 11 is 0. The van der Waals surface area contributed by atoms with Crippen LogP contribution in [0.2, 0.25) is 0 Å². The number of hydrogen-bond donors (Lipinski definition) is 1. The number of ketones is 2. The zero-order valence-electron chi connectivity index (χ0n) is 13.5. The number of aliphatic hydroxyl groups excluding tert-OH is 1. The van der Waals surface area contributed by atoms with E-state index in [-0.39, 0.29) is 16.7 Å². The molecule has 0 radical (unpaired) electrons. The minimum Gasteiger partial charge on any atom is -0.507 e. The molecule has 0 bridgehead atoms. The topological polar surface area (TPSA) is 97.5 Å². The average Bonchev–Trinajstić information content (AvgIpc) is 2.65. The lowest BCUT2D eigenvalue weighted by Gasteiger charge is -2.19. The molecule has 0 fully saturated rings. The summed E-state index contributed by atoms with van der Waals surface area (Å²) in [5.74, 6) is 2.04. The summed E-state index contributed by atoms with van der Waals surface area (Å²) in [6.07, 6.45) is 0. The smallest absolute Gasteiger partial charge is 0.234 e. The van der Waals surface area contributed by atoms with Gasteiger partial charge in [-0.05, 0) is 12.1 Å². The van der Waals surface area contributed by atoms with Crippen molar-refractivity contribution in [1.29, 1.82) is 0 Å². The SMILES string of the molecule is O=C1C(=O)c2ccccc2C(O)=C1C(C#Cc1ccccc1)C[N+](=O)[O-]. The summed E-state index contributed by atoms with van der Waals surface area (Å²) in [5, 5.41) is 21.5. The van der Waals surface area contributed by atoms with Crippen LogP contribution in [0.15, 0.2) is 60.2 Å². The fourth-order valence-electron chi connectivity index (χ4n) is 2.76. The Morgan fingerprint density at radius 1 is 0.962 bits per heavy atom. The third-order valence-electron chi connectivity index (χ3n) is 3.98. The van der Waals surface area contributed by atoms with Gasteiger partial charge in [0.15, 0.2) is 0 Å². The Labute approximate surface area is 148 Å². The van der Waals surface area contributed by atoms with Gasteiger partial charge in [-0.15, -0.1) is 0 Å². The summed E-state index contributed by atoms with van der Waals surface area (Å²) in [7, 11) is 0. The zero-order chi connectivity index (χ0) is 18.7. The number of nitrogens with zero attached hydrogens (tertiary/aromatic N) is 1. The number of benzene rings is 2. The van der Waals surface area contributed by atoms with Crippen LogP contribution in [0.3, 0.4) is 0 Å². The van der Waals surface area contributed by atoms with E-state index in [1.807, 2.05) is 0 Å². The molecule has 128 valence electrons. The maximum absolute atomic E-state index is 12.5. The first-order chi connectivity index (χ1) is 12.5. The number of rotatable bonds is 3. The molecule has 2 aromatic carbocycles. The number of carbonyl (C=O) groups excluding carboxylic acids is 2. The van der Waals surface area contributed by atoms with Crippen molar-refractivity contribution in [2.75, 3.05) is 6.54 Å². The second-order valence-corrected chi connectivity index (χ2v) is 5.67. The quantitative estimate of drug-likeness (QED) is 0.398. The largest absolute Gasteiger partial charge is 0.507 e. The van der Waals surface area contributed by atoms with E-state index in [4.69, 9.17) is 0 Å². The fraction of sp³-hybridized carbons (Fsp3) is 0.100. The number of Topliss-reactive ketones (excluding diaryl/α,β-unsaturated/α-hetero) is 2. The van der Waals surface area contributed by atoms with Crippen molar-refractivity contribution >= 4 is 17.3 Å². The molecule has 0 saturated carbocycles. The predicted octanol–water partition coefficient (Wildman–Crippen LogP) is 2.67. The fourth-order valence-corrected chi connectivity index (χ4v) is 2.76. The van der Waals surface area contributed by atoms with Gasteiger partial charge in [0.25, 0.3) is 0 Å². The maximum Gasteiger partial charge on any atom is 0.234 e. The van der Waals surface area contributed by atoms with E-state index in [1.165, 1.54) is 12.1 Å². The monoisotopic (exact) mass is 347 g/mol. The second-order valence-electron chi connectivity index (χ2n) is 5.67. The molecule has 0 saturated heterocycles. The lowest BCUT2D eigenvalue weighted by Crippen LogP contribution is -2.30. The number of carbonyl (C=O) groups is 2. The lowest BCUT2D eigenvalue weighted by atomic mass is 9.82. The highest BCUT2D eigenvalue weighted by molar-refractivity contribution is 6.52. The molecule has 3 rings (SSSR count). The Hall–Kier alpha value is -3.72. The molecule has 1 N–H and O–H groups in total. The highest BCUT2D eigenvalue weighted by atomic mass is 16.6. The summed E-state index contributed by atoms with van der Waals surface area (Å²) in [4.78, 5) is 35.2. The van der Waals surface area contributed by atoms with E-state index >= 15 is 0 Å². The molecule has 6 heteroatoms. The van der Waals surface area contributed by atoms with Gasteiger partial charge in [-0.3, -0.25) is 19.7 Å². The Morgan fingerprint density at radius 3 is 2.23 bits per heavy atom. The van der Waals surface area contributed by atoms with Gasteiger partial charge in [0.1, 0.15) is 11.7 Å². The second kappa shape index (κ2) is 7.03. The minimum absolute atomic E-state index is 0.0784. The van der Waals surface area contributed by atoms with Crippen LogP contribution in [-0.2, 0) is 4.79 Å². The van der Waals surface area contributed by atoms with Gasteiger partial charge in [-0.25, -0.2) is 0 Å². The standard InChI is InChI=1S/C20H13NO5/c22-18-15-8-4-5-9-16(15)19(23)20(24)17(18)14(12-21(25)26)11-10-13-6-2-1-3-7-13/h1-9,14,22H,12H2. The molecule has 2 aromatic rings. The van der Waals surface area contributed by atoms with Crippen LogP contribution < -0.4 is 0 Å². The van der Waals surface area contributed by atoms with Gasteiger partial charge in [-0.1, -0.05) is 54.3 Å². The first-order valence-electron chi connectivity index (χ1n) is 7.79. The molecule has 1 unspecified atom stereocenters. The van der Waals surface area contributed by atoms with Crippen molar-refractivity contribution in [2.24, 2.45) is 5.92 Å². The van der Waals surface area contributed by atoms with Gasteiger partial charge < -0.3 is 5.11 Å². The lowest BCUT2D eigenvalue weighted by molar-refractivity contribution is -0.483. The zero-order valence-corrected chi connectivity index (χ0v) is 13.5. The van der Waals surface area contributed by atoms with Crippen molar-refractivity contribution in [1.82, 2.24) is 0 Å². The van der Waals surface area contributed by atoms with Gasteiger partial charge in [0, 0.05) is 21.6 Å². The van der Waals surface area contributed by atoms with Crippen LogP contribution in [0, 0.1) is 27.9 Å². The Balaban J connectivity index is 2.12. The molecular weight excluding hydrogens is 334 g/mol. The minimum atomic E-state index is -1.20. The van der Waals surface area contributed by atoms with Crippen molar-refractivity contribution in [3.8, 4) is 11.8 Å². The van der Waals surface area contributed by atoms with Gasteiger partial charge >= 0.3 is 0 Å². The molecule has 1 atom stereocenters. The third kappa shape index (κ3) is 3.23. The molecule has 0 heterocycles. The van der Waals surface area contributed by atoms with E-state index in [1.54, 1.807) is 42.5 Å². The predicted molar refractivity (Wildman–Crippen MR) is 94.0 cm³/mol. The molecule has 1 aliphatic rings. The Morgan fingerprint density at radius 2 is 1.58 bits per heavy atom. The number of hydrogen-bond acceptors (Lipinski definition) is 5. The molecule has 26 heavy (non-hydrogen) atoms. The van der Waals surface area contributed by atoms with Crippen LogP contribution in [0.4, 0.5) is 0 Å². The van der Waals surface area contributed by atoms with E-state index < -0.39 is 34.7 Å².